The third-order valence-electron chi connectivity index (χ3n) is 2.99. The first kappa shape index (κ1) is 12.2. The van der Waals surface area contributed by atoms with Gasteiger partial charge < -0.3 is 10.2 Å². The Bertz CT molecular complexity index is 545. The number of carbonyl (C=O) groups is 2. The number of carbonyl (C=O) groups excluding carboxylic acids is 2. The van der Waals surface area contributed by atoms with Crippen LogP contribution in [0.3, 0.4) is 0 Å². The number of amides is 1. The van der Waals surface area contributed by atoms with Gasteiger partial charge in [0, 0.05) is 5.69 Å². The number of nitrogens with zero attached hydrogens (tertiary/aromatic N) is 1. The summed E-state index contributed by atoms with van der Waals surface area (Å²) in [6.07, 6.45) is 0. The number of ketones is 1. The molecule has 1 heterocycles. The van der Waals surface area contributed by atoms with Gasteiger partial charge in [0.25, 0.3) is 5.91 Å². The lowest BCUT2D eigenvalue weighted by atomic mass is 10.1. The Labute approximate surface area is 104 Å². The van der Waals surface area contributed by atoms with E-state index in [9.17, 15) is 19.8 Å². The van der Waals surface area contributed by atoms with Gasteiger partial charge in [-0.3, -0.25) is 14.5 Å². The predicted octanol–water partition coefficient (Wildman–Crippen LogP) is 1.53. The number of phenolic OH excluding ortho intramolecular Hbond substituents is 1. The van der Waals surface area contributed by atoms with Crippen LogP contribution in [0.2, 0.25) is 0 Å². The van der Waals surface area contributed by atoms with Crippen molar-refractivity contribution in [2.24, 2.45) is 0 Å². The first-order chi connectivity index (χ1) is 8.43. The minimum absolute atomic E-state index is 0.0852. The fraction of sp³-hybridized carbons (Fsp3) is 0.231. The highest BCUT2D eigenvalue weighted by atomic mass is 16.3. The van der Waals surface area contributed by atoms with E-state index >= 15 is 0 Å². The topological polar surface area (TPSA) is 77.8 Å². The van der Waals surface area contributed by atoms with E-state index < -0.39 is 17.7 Å². The van der Waals surface area contributed by atoms with Crippen molar-refractivity contribution in [1.82, 2.24) is 0 Å². The highest BCUT2D eigenvalue weighted by molar-refractivity contribution is 6.15. The van der Waals surface area contributed by atoms with Gasteiger partial charge in [-0.25, -0.2) is 0 Å². The fourth-order valence-corrected chi connectivity index (χ4v) is 2.15. The van der Waals surface area contributed by atoms with Crippen LogP contribution in [0.15, 0.2) is 35.6 Å². The zero-order valence-electron chi connectivity index (χ0n) is 10.0. The molecule has 0 saturated carbocycles. The Morgan fingerprint density at radius 3 is 2.22 bits per heavy atom. The van der Waals surface area contributed by atoms with Crippen LogP contribution in [0.5, 0.6) is 5.75 Å². The molecule has 0 radical (unpaired) electrons. The number of anilines is 1. The van der Waals surface area contributed by atoms with Crippen molar-refractivity contribution in [3.8, 4) is 5.75 Å². The Morgan fingerprint density at radius 1 is 1.22 bits per heavy atom. The van der Waals surface area contributed by atoms with Gasteiger partial charge in [0.2, 0.25) is 0 Å². The normalized spacial score (nSPS) is 19.6. The smallest absolute Gasteiger partial charge is 0.294 e. The van der Waals surface area contributed by atoms with E-state index in [-0.39, 0.29) is 17.1 Å². The molecule has 2 rings (SSSR count). The van der Waals surface area contributed by atoms with Crippen molar-refractivity contribution in [3.05, 3.63) is 35.6 Å². The molecule has 0 bridgehead atoms. The zero-order chi connectivity index (χ0) is 13.4. The fourth-order valence-electron chi connectivity index (χ4n) is 2.15. The molecule has 18 heavy (non-hydrogen) atoms. The van der Waals surface area contributed by atoms with Gasteiger partial charge >= 0.3 is 0 Å². The first-order valence-corrected chi connectivity index (χ1v) is 5.50. The summed E-state index contributed by atoms with van der Waals surface area (Å²) in [7, 11) is 0. The largest absolute Gasteiger partial charge is 0.508 e. The summed E-state index contributed by atoms with van der Waals surface area (Å²) >= 11 is 0. The molecule has 0 saturated heterocycles. The van der Waals surface area contributed by atoms with Crippen LogP contribution in [-0.2, 0) is 9.59 Å². The maximum atomic E-state index is 11.9. The Morgan fingerprint density at radius 2 is 1.78 bits per heavy atom. The highest BCUT2D eigenvalue weighted by Crippen LogP contribution is 2.31. The molecule has 1 aliphatic heterocycles. The third-order valence-corrected chi connectivity index (χ3v) is 2.99. The second kappa shape index (κ2) is 4.18. The lowest BCUT2D eigenvalue weighted by molar-refractivity contribution is -0.117. The Balaban J connectivity index is 2.42. The predicted molar refractivity (Wildman–Crippen MR) is 65.4 cm³/mol. The molecule has 1 aliphatic rings. The van der Waals surface area contributed by atoms with Crippen molar-refractivity contribution in [2.45, 2.75) is 19.9 Å². The van der Waals surface area contributed by atoms with E-state index in [0.29, 0.717) is 5.69 Å². The molecule has 5 nitrogen and oxygen atoms in total. The van der Waals surface area contributed by atoms with Crippen LogP contribution < -0.4 is 4.90 Å². The molecule has 0 aromatic heterocycles. The SMILES string of the molecule is CC(=O)C1=C(O)C(=O)N(c2ccc(O)cc2)[C@H]1C. The van der Waals surface area contributed by atoms with Gasteiger partial charge in [-0.05, 0) is 38.1 Å². The molecule has 1 amide bonds. The van der Waals surface area contributed by atoms with Crippen molar-refractivity contribution in [2.75, 3.05) is 4.90 Å². The molecule has 0 unspecified atom stereocenters. The number of benzene rings is 1. The van der Waals surface area contributed by atoms with Crippen LogP contribution in [0.25, 0.3) is 0 Å². The zero-order valence-corrected chi connectivity index (χ0v) is 10.0. The van der Waals surface area contributed by atoms with E-state index in [1.165, 1.54) is 24.0 Å². The molecular weight excluding hydrogens is 234 g/mol. The average molecular weight is 247 g/mol. The van der Waals surface area contributed by atoms with Gasteiger partial charge in [-0.1, -0.05) is 0 Å². The molecule has 94 valence electrons. The maximum absolute atomic E-state index is 11.9. The van der Waals surface area contributed by atoms with Crippen molar-refractivity contribution in [1.29, 1.82) is 0 Å². The third kappa shape index (κ3) is 1.73. The molecule has 1 aromatic carbocycles. The van der Waals surface area contributed by atoms with Crippen molar-refractivity contribution >= 4 is 17.4 Å². The minimum Gasteiger partial charge on any atom is -0.508 e. The molecule has 0 aliphatic carbocycles. The molecule has 5 heteroatoms. The Kier molecular flexibility index (Phi) is 2.82. The van der Waals surface area contributed by atoms with Crippen LogP contribution in [-0.4, -0.2) is 27.9 Å². The Hall–Kier alpha value is -2.30. The number of hydrogen-bond donors (Lipinski definition) is 2. The van der Waals surface area contributed by atoms with Crippen LogP contribution in [0.4, 0.5) is 5.69 Å². The summed E-state index contributed by atoms with van der Waals surface area (Å²) in [4.78, 5) is 24.7. The molecule has 1 atom stereocenters. The summed E-state index contributed by atoms with van der Waals surface area (Å²) in [5, 5.41) is 18.9. The van der Waals surface area contributed by atoms with Gasteiger partial charge in [-0.15, -0.1) is 0 Å². The lowest BCUT2D eigenvalue weighted by Crippen LogP contribution is -2.34. The van der Waals surface area contributed by atoms with Crippen LogP contribution in [0.1, 0.15) is 13.8 Å². The summed E-state index contributed by atoms with van der Waals surface area (Å²) in [5.74, 6) is -1.34. The van der Waals surface area contributed by atoms with Gasteiger partial charge in [0.1, 0.15) is 5.75 Å². The van der Waals surface area contributed by atoms with E-state index in [0.717, 1.165) is 0 Å². The van der Waals surface area contributed by atoms with Crippen LogP contribution in [0, 0.1) is 0 Å². The quantitative estimate of drug-likeness (QED) is 0.830. The molecule has 0 spiro atoms. The highest BCUT2D eigenvalue weighted by Gasteiger charge is 2.39. The van der Waals surface area contributed by atoms with E-state index in [2.05, 4.69) is 0 Å². The molecule has 2 N–H and O–H groups in total. The molecule has 1 aromatic rings. The second-order valence-corrected chi connectivity index (χ2v) is 4.19. The van der Waals surface area contributed by atoms with E-state index in [1.54, 1.807) is 19.1 Å². The number of aromatic hydroxyl groups is 1. The van der Waals surface area contributed by atoms with Crippen LogP contribution >= 0.6 is 0 Å². The first-order valence-electron chi connectivity index (χ1n) is 5.50. The number of hydrogen-bond acceptors (Lipinski definition) is 4. The van der Waals surface area contributed by atoms with Crippen molar-refractivity contribution < 1.29 is 19.8 Å². The summed E-state index contributed by atoms with van der Waals surface area (Å²) in [5.41, 5.74) is 0.640. The number of phenols is 1. The minimum atomic E-state index is -0.599. The lowest BCUT2D eigenvalue weighted by Gasteiger charge is -2.22. The maximum Gasteiger partial charge on any atom is 0.294 e. The summed E-state index contributed by atoms with van der Waals surface area (Å²) in [6, 6.07) is 5.48. The second-order valence-electron chi connectivity index (χ2n) is 4.19. The summed E-state index contributed by atoms with van der Waals surface area (Å²) < 4.78 is 0. The molecular formula is C13H13NO4. The standard InChI is InChI=1S/C13H13NO4/c1-7-11(8(2)15)12(17)13(18)14(7)9-3-5-10(16)6-4-9/h3-7,16-17H,1-2H3/t7-/m0/s1. The van der Waals surface area contributed by atoms with E-state index in [4.69, 9.17) is 0 Å². The van der Waals surface area contributed by atoms with Gasteiger partial charge in [0.15, 0.2) is 11.5 Å². The number of Topliss-reactive ketones (excluding diaryl/α,β-unsaturated/α-hetero) is 1. The summed E-state index contributed by atoms with van der Waals surface area (Å²) in [6.45, 7) is 2.99. The number of rotatable bonds is 2. The number of aliphatic hydroxyl groups is 1. The average Bonchev–Trinajstić information content (AvgIpc) is 2.52. The monoisotopic (exact) mass is 247 g/mol. The van der Waals surface area contributed by atoms with E-state index in [1.807, 2.05) is 0 Å². The van der Waals surface area contributed by atoms with Crippen molar-refractivity contribution in [3.63, 3.8) is 0 Å². The number of aliphatic hydroxyl groups excluding tert-OH is 1. The molecule has 0 fully saturated rings. The van der Waals surface area contributed by atoms with Gasteiger partial charge in [-0.2, -0.15) is 0 Å². The van der Waals surface area contributed by atoms with Gasteiger partial charge in [0.05, 0.1) is 11.6 Å².